The fraction of sp³-hybridized carbons (Fsp3) is 0.588. The van der Waals surface area contributed by atoms with Crippen LogP contribution < -0.4 is 5.73 Å². The average Bonchev–Trinajstić information content (AvgIpc) is 3.21. The molecule has 0 spiro atoms. The van der Waals surface area contributed by atoms with Crippen molar-refractivity contribution in [2.75, 3.05) is 19.8 Å². The maximum absolute atomic E-state index is 12.7. The molecule has 1 unspecified atom stereocenters. The smallest absolute Gasteiger partial charge is 0.227 e. The minimum Gasteiger partial charge on any atom is -0.381 e. The minimum absolute atomic E-state index is 0.241. The molecule has 1 amide bonds. The van der Waals surface area contributed by atoms with E-state index in [0.717, 1.165) is 50.1 Å². The van der Waals surface area contributed by atoms with Crippen LogP contribution in [0.5, 0.6) is 0 Å². The molecule has 4 heteroatoms. The summed E-state index contributed by atoms with van der Waals surface area (Å²) in [5, 5.41) is 0. The Hall–Kier alpha value is -1.39. The number of hydrogen-bond acceptors (Lipinski definition) is 3. The van der Waals surface area contributed by atoms with Crippen molar-refractivity contribution in [2.24, 2.45) is 11.7 Å². The van der Waals surface area contributed by atoms with Crippen LogP contribution in [-0.2, 0) is 22.5 Å². The van der Waals surface area contributed by atoms with E-state index in [9.17, 15) is 4.79 Å². The molecule has 114 valence electrons. The Morgan fingerprint density at radius 3 is 2.62 bits per heavy atom. The second-order valence-corrected chi connectivity index (χ2v) is 6.16. The van der Waals surface area contributed by atoms with Crippen molar-refractivity contribution < 1.29 is 9.53 Å². The second kappa shape index (κ2) is 6.58. The maximum Gasteiger partial charge on any atom is 0.227 e. The quantitative estimate of drug-likeness (QED) is 0.867. The molecule has 21 heavy (non-hydrogen) atoms. The summed E-state index contributed by atoms with van der Waals surface area (Å²) in [6.07, 6.45) is 3.85. The third-order valence-corrected chi connectivity index (χ3v) is 4.47. The number of carbonyl (C=O) groups is 1. The summed E-state index contributed by atoms with van der Waals surface area (Å²) in [6.45, 7) is 2.99. The van der Waals surface area contributed by atoms with E-state index < -0.39 is 0 Å². The molecule has 1 aliphatic heterocycles. The molecule has 1 saturated heterocycles. The average molecular weight is 288 g/mol. The summed E-state index contributed by atoms with van der Waals surface area (Å²) >= 11 is 0. The summed E-state index contributed by atoms with van der Waals surface area (Å²) in [4.78, 5) is 14.8. The van der Waals surface area contributed by atoms with E-state index in [1.54, 1.807) is 0 Å². The van der Waals surface area contributed by atoms with Gasteiger partial charge in [0.2, 0.25) is 5.91 Å². The molecular weight excluding hydrogens is 264 g/mol. The van der Waals surface area contributed by atoms with Crippen LogP contribution in [0.2, 0.25) is 0 Å². The van der Waals surface area contributed by atoms with E-state index >= 15 is 0 Å². The molecule has 1 aromatic rings. The fourth-order valence-corrected chi connectivity index (χ4v) is 3.04. The Labute approximate surface area is 126 Å². The summed E-state index contributed by atoms with van der Waals surface area (Å²) in [7, 11) is 0. The highest BCUT2D eigenvalue weighted by Crippen LogP contribution is 2.29. The number of rotatable bonds is 6. The first-order chi connectivity index (χ1) is 10.3. The Kier molecular flexibility index (Phi) is 4.56. The van der Waals surface area contributed by atoms with Crippen LogP contribution >= 0.6 is 0 Å². The molecule has 1 aliphatic carbocycles. The van der Waals surface area contributed by atoms with Crippen LogP contribution in [0.3, 0.4) is 0 Å². The molecule has 1 saturated carbocycles. The standard InChI is InChI=1S/C17H24N2O2/c18-10-15-4-2-1-3-14(15)9-17(20)19(16-5-6-16)11-13-7-8-21-12-13/h1-4,13,16H,5-12,18H2. The van der Waals surface area contributed by atoms with E-state index in [1.165, 1.54) is 0 Å². The van der Waals surface area contributed by atoms with Gasteiger partial charge in [0.15, 0.2) is 0 Å². The van der Waals surface area contributed by atoms with Crippen molar-refractivity contribution in [1.82, 2.24) is 4.90 Å². The van der Waals surface area contributed by atoms with Gasteiger partial charge in [-0.1, -0.05) is 24.3 Å². The first-order valence-electron chi connectivity index (χ1n) is 7.92. The van der Waals surface area contributed by atoms with Gasteiger partial charge >= 0.3 is 0 Å². The zero-order chi connectivity index (χ0) is 14.7. The van der Waals surface area contributed by atoms with Gasteiger partial charge in [0, 0.05) is 31.7 Å². The molecule has 2 fully saturated rings. The number of amides is 1. The Balaban J connectivity index is 1.66. The SMILES string of the molecule is NCc1ccccc1CC(=O)N(CC1CCOC1)C1CC1. The Morgan fingerprint density at radius 2 is 2.00 bits per heavy atom. The fourth-order valence-electron chi connectivity index (χ4n) is 3.04. The molecular formula is C17H24N2O2. The molecule has 4 nitrogen and oxygen atoms in total. The van der Waals surface area contributed by atoms with Crippen LogP contribution in [0.4, 0.5) is 0 Å². The predicted octanol–water partition coefficient (Wildman–Crippen LogP) is 1.72. The van der Waals surface area contributed by atoms with E-state index in [-0.39, 0.29) is 5.91 Å². The number of nitrogens with two attached hydrogens (primary N) is 1. The van der Waals surface area contributed by atoms with Crippen molar-refractivity contribution >= 4 is 5.91 Å². The van der Waals surface area contributed by atoms with Crippen LogP contribution in [-0.4, -0.2) is 36.6 Å². The first-order valence-corrected chi connectivity index (χ1v) is 7.92. The normalized spacial score (nSPS) is 21.5. The number of nitrogens with zero attached hydrogens (tertiary/aromatic N) is 1. The van der Waals surface area contributed by atoms with Gasteiger partial charge in [0.25, 0.3) is 0 Å². The lowest BCUT2D eigenvalue weighted by atomic mass is 10.0. The van der Waals surface area contributed by atoms with Gasteiger partial charge < -0.3 is 15.4 Å². The summed E-state index contributed by atoms with van der Waals surface area (Å²) < 4.78 is 5.44. The Bertz CT molecular complexity index is 493. The number of carbonyl (C=O) groups excluding carboxylic acids is 1. The third kappa shape index (κ3) is 3.63. The monoisotopic (exact) mass is 288 g/mol. The van der Waals surface area contributed by atoms with Gasteiger partial charge in [-0.3, -0.25) is 4.79 Å². The van der Waals surface area contributed by atoms with Crippen molar-refractivity contribution in [2.45, 2.75) is 38.3 Å². The highest BCUT2D eigenvalue weighted by Gasteiger charge is 2.34. The molecule has 2 N–H and O–H groups in total. The van der Waals surface area contributed by atoms with E-state index in [0.29, 0.717) is 24.9 Å². The van der Waals surface area contributed by atoms with Gasteiger partial charge in [0.05, 0.1) is 13.0 Å². The van der Waals surface area contributed by atoms with Gasteiger partial charge in [-0.15, -0.1) is 0 Å². The lowest BCUT2D eigenvalue weighted by Gasteiger charge is -2.25. The van der Waals surface area contributed by atoms with E-state index in [1.807, 2.05) is 24.3 Å². The number of hydrogen-bond donors (Lipinski definition) is 1. The maximum atomic E-state index is 12.7. The van der Waals surface area contributed by atoms with Gasteiger partial charge in [0.1, 0.15) is 0 Å². The lowest BCUT2D eigenvalue weighted by molar-refractivity contribution is -0.131. The third-order valence-electron chi connectivity index (χ3n) is 4.47. The zero-order valence-electron chi connectivity index (χ0n) is 12.5. The molecule has 3 rings (SSSR count). The molecule has 0 bridgehead atoms. The number of benzene rings is 1. The van der Waals surface area contributed by atoms with E-state index in [4.69, 9.17) is 10.5 Å². The second-order valence-electron chi connectivity index (χ2n) is 6.16. The van der Waals surface area contributed by atoms with Crippen molar-refractivity contribution in [3.8, 4) is 0 Å². The summed E-state index contributed by atoms with van der Waals surface area (Å²) in [5.41, 5.74) is 7.91. The molecule has 0 radical (unpaired) electrons. The summed E-state index contributed by atoms with van der Waals surface area (Å²) in [5.74, 6) is 0.754. The van der Waals surface area contributed by atoms with Gasteiger partial charge in [-0.25, -0.2) is 0 Å². The number of ether oxygens (including phenoxy) is 1. The van der Waals surface area contributed by atoms with Crippen LogP contribution in [0.15, 0.2) is 24.3 Å². The Morgan fingerprint density at radius 1 is 1.24 bits per heavy atom. The van der Waals surface area contributed by atoms with Gasteiger partial charge in [-0.05, 0) is 30.4 Å². The lowest BCUT2D eigenvalue weighted by Crippen LogP contribution is -2.38. The van der Waals surface area contributed by atoms with Crippen molar-refractivity contribution in [3.63, 3.8) is 0 Å². The molecule has 0 aromatic heterocycles. The van der Waals surface area contributed by atoms with Crippen molar-refractivity contribution in [1.29, 1.82) is 0 Å². The van der Waals surface area contributed by atoms with Crippen LogP contribution in [0, 0.1) is 5.92 Å². The topological polar surface area (TPSA) is 55.6 Å². The van der Waals surface area contributed by atoms with Crippen LogP contribution in [0.1, 0.15) is 30.4 Å². The molecule has 1 atom stereocenters. The molecule has 1 heterocycles. The van der Waals surface area contributed by atoms with Crippen molar-refractivity contribution in [3.05, 3.63) is 35.4 Å². The van der Waals surface area contributed by atoms with E-state index in [2.05, 4.69) is 4.90 Å². The molecule has 2 aliphatic rings. The predicted molar refractivity (Wildman–Crippen MR) is 81.7 cm³/mol. The highest BCUT2D eigenvalue weighted by atomic mass is 16.5. The largest absolute Gasteiger partial charge is 0.381 e. The zero-order valence-corrected chi connectivity index (χ0v) is 12.5. The van der Waals surface area contributed by atoms with Gasteiger partial charge in [-0.2, -0.15) is 0 Å². The van der Waals surface area contributed by atoms with Crippen LogP contribution in [0.25, 0.3) is 0 Å². The molecule has 1 aromatic carbocycles. The first kappa shape index (κ1) is 14.5. The summed E-state index contributed by atoms with van der Waals surface area (Å²) in [6, 6.07) is 8.44. The minimum atomic E-state index is 0.241. The highest BCUT2D eigenvalue weighted by molar-refractivity contribution is 5.79.